The molecule has 0 bridgehead atoms. The fraction of sp³-hybridized carbons (Fsp3) is 0.111. The summed E-state index contributed by atoms with van der Waals surface area (Å²) in [4.78, 5) is 12.7. The highest BCUT2D eigenvalue weighted by Crippen LogP contribution is 2.18. The number of rotatable bonds is 11. The molecule has 1 aromatic heterocycles. The zero-order valence-corrected chi connectivity index (χ0v) is 20.2. The van der Waals surface area contributed by atoms with Crippen LogP contribution >= 0.6 is 0 Å². The molecule has 4 aromatic rings. The molecule has 1 heterocycles. The Bertz CT molecular complexity index is 1390. The molecule has 0 aliphatic rings. The number of amides is 1. The Kier molecular flexibility index (Phi) is 8.28. The molecule has 3 aromatic carbocycles. The van der Waals surface area contributed by atoms with Crippen LogP contribution in [0.4, 0.5) is 0 Å². The summed E-state index contributed by atoms with van der Waals surface area (Å²) < 4.78 is 38.4. The van der Waals surface area contributed by atoms with Crippen LogP contribution in [0, 0.1) is 0 Å². The largest absolute Gasteiger partial charge is 0.489 e. The van der Waals surface area contributed by atoms with Gasteiger partial charge in [-0.2, -0.15) is 9.41 Å². The molecule has 0 fully saturated rings. The van der Waals surface area contributed by atoms with Gasteiger partial charge in [-0.05, 0) is 47.5 Å². The molecule has 0 radical (unpaired) electrons. The first-order chi connectivity index (χ1) is 17.5. The average molecular weight is 504 g/mol. The van der Waals surface area contributed by atoms with Crippen molar-refractivity contribution in [2.45, 2.75) is 18.0 Å². The fourth-order valence-electron chi connectivity index (χ4n) is 3.34. The third kappa shape index (κ3) is 6.91. The van der Waals surface area contributed by atoms with E-state index in [0.717, 1.165) is 9.87 Å². The van der Waals surface area contributed by atoms with Gasteiger partial charge in [0.15, 0.2) is 0 Å². The first kappa shape index (κ1) is 24.9. The number of hydrogen-bond donors (Lipinski definition) is 1. The Morgan fingerprint density at radius 1 is 0.944 bits per heavy atom. The van der Waals surface area contributed by atoms with Gasteiger partial charge in [0, 0.05) is 0 Å². The smallest absolute Gasteiger partial charge is 0.255 e. The number of carbonyl (C=O) groups is 1. The van der Waals surface area contributed by atoms with Gasteiger partial charge in [-0.25, -0.2) is 13.8 Å². The van der Waals surface area contributed by atoms with Gasteiger partial charge in [-0.1, -0.05) is 60.7 Å². The maximum absolute atomic E-state index is 13.1. The van der Waals surface area contributed by atoms with E-state index in [-0.39, 0.29) is 11.4 Å². The summed E-state index contributed by atoms with van der Waals surface area (Å²) in [6.45, 7) is -0.1000. The van der Waals surface area contributed by atoms with Crippen LogP contribution in [0.15, 0.2) is 118 Å². The standard InChI is InChI=1S/C27H25N3O5S/c31-27(20-30(19-25-13-8-16-34-25)36(32,33)26-14-5-2-6-15-26)29-28-18-23-11-7-12-24(17-23)35-21-22-9-3-1-4-10-22/h1-18H,19-21H2,(H,29,31). The predicted octanol–water partition coefficient (Wildman–Crippen LogP) is 4.20. The molecule has 8 nitrogen and oxygen atoms in total. The van der Waals surface area contributed by atoms with Crippen LogP contribution in [0.25, 0.3) is 0 Å². The minimum atomic E-state index is -3.94. The second kappa shape index (κ2) is 12.0. The van der Waals surface area contributed by atoms with Crippen LogP contribution < -0.4 is 10.2 Å². The molecule has 0 saturated carbocycles. The molecular formula is C27H25N3O5S. The van der Waals surface area contributed by atoms with Gasteiger partial charge >= 0.3 is 0 Å². The van der Waals surface area contributed by atoms with Crippen molar-refractivity contribution < 1.29 is 22.4 Å². The van der Waals surface area contributed by atoms with Gasteiger partial charge in [0.05, 0.1) is 30.5 Å². The first-order valence-corrected chi connectivity index (χ1v) is 12.6. The minimum Gasteiger partial charge on any atom is -0.489 e. The number of carbonyl (C=O) groups excluding carboxylic acids is 1. The summed E-state index contributed by atoms with van der Waals surface area (Å²) in [6, 6.07) is 28.3. The Morgan fingerprint density at radius 2 is 1.69 bits per heavy atom. The summed E-state index contributed by atoms with van der Waals surface area (Å²) in [5, 5.41) is 3.98. The normalized spacial score (nSPS) is 11.6. The Balaban J connectivity index is 1.38. The molecule has 9 heteroatoms. The van der Waals surface area contributed by atoms with Gasteiger partial charge < -0.3 is 9.15 Å². The van der Waals surface area contributed by atoms with Crippen LogP contribution in [-0.2, 0) is 28.0 Å². The van der Waals surface area contributed by atoms with Gasteiger partial charge in [-0.3, -0.25) is 4.79 Å². The third-order valence-electron chi connectivity index (χ3n) is 5.12. The van der Waals surface area contributed by atoms with Crippen LogP contribution in [0.3, 0.4) is 0 Å². The van der Waals surface area contributed by atoms with E-state index in [1.165, 1.54) is 24.6 Å². The SMILES string of the molecule is O=C(CN(Cc1ccco1)S(=O)(=O)c1ccccc1)NN=Cc1cccc(OCc2ccccc2)c1. The molecule has 36 heavy (non-hydrogen) atoms. The quantitative estimate of drug-likeness (QED) is 0.244. The molecule has 0 saturated heterocycles. The highest BCUT2D eigenvalue weighted by molar-refractivity contribution is 7.89. The zero-order valence-electron chi connectivity index (χ0n) is 19.4. The summed E-state index contributed by atoms with van der Waals surface area (Å²) in [7, 11) is -3.94. The molecule has 0 atom stereocenters. The number of ether oxygens (including phenoxy) is 1. The lowest BCUT2D eigenvalue weighted by molar-refractivity contribution is -0.121. The van der Waals surface area contributed by atoms with Crippen LogP contribution in [0.2, 0.25) is 0 Å². The lowest BCUT2D eigenvalue weighted by atomic mass is 10.2. The molecule has 184 valence electrons. The summed E-state index contributed by atoms with van der Waals surface area (Å²) in [5.41, 5.74) is 4.16. The van der Waals surface area contributed by atoms with E-state index in [9.17, 15) is 13.2 Å². The van der Waals surface area contributed by atoms with E-state index >= 15 is 0 Å². The van der Waals surface area contributed by atoms with Crippen LogP contribution in [-0.4, -0.2) is 31.4 Å². The number of furan rings is 1. The Morgan fingerprint density at radius 3 is 2.42 bits per heavy atom. The van der Waals surface area contributed by atoms with Crippen LogP contribution in [0.1, 0.15) is 16.9 Å². The molecule has 0 aliphatic carbocycles. The number of hydrazone groups is 1. The summed E-state index contributed by atoms with van der Waals surface area (Å²) in [6.07, 6.45) is 2.92. The van der Waals surface area contributed by atoms with Crippen LogP contribution in [0.5, 0.6) is 5.75 Å². The number of benzene rings is 3. The Labute approximate surface area is 209 Å². The highest BCUT2D eigenvalue weighted by atomic mass is 32.2. The molecule has 1 N–H and O–H groups in total. The first-order valence-electron chi connectivity index (χ1n) is 11.2. The van der Waals surface area contributed by atoms with Crippen molar-refractivity contribution in [3.63, 3.8) is 0 Å². The van der Waals surface area contributed by atoms with Crippen molar-refractivity contribution in [3.05, 3.63) is 120 Å². The van der Waals surface area contributed by atoms with E-state index in [1.807, 2.05) is 48.5 Å². The van der Waals surface area contributed by atoms with Crippen molar-refractivity contribution in [2.75, 3.05) is 6.54 Å². The molecule has 0 unspecified atom stereocenters. The van der Waals surface area contributed by atoms with Crippen molar-refractivity contribution in [1.82, 2.24) is 9.73 Å². The van der Waals surface area contributed by atoms with Crippen molar-refractivity contribution >= 4 is 22.1 Å². The van der Waals surface area contributed by atoms with Gasteiger partial charge in [-0.15, -0.1) is 0 Å². The second-order valence-corrected chi connectivity index (χ2v) is 9.74. The summed E-state index contributed by atoms with van der Waals surface area (Å²) >= 11 is 0. The van der Waals surface area contributed by atoms with Gasteiger partial charge in [0.2, 0.25) is 10.0 Å². The molecule has 4 rings (SSSR count). The molecule has 1 amide bonds. The van der Waals surface area contributed by atoms with E-state index in [1.54, 1.807) is 36.4 Å². The lowest BCUT2D eigenvalue weighted by Gasteiger charge is -2.20. The maximum atomic E-state index is 13.1. The van der Waals surface area contributed by atoms with Crippen molar-refractivity contribution in [1.29, 1.82) is 0 Å². The average Bonchev–Trinajstić information content (AvgIpc) is 3.42. The van der Waals surface area contributed by atoms with Crippen molar-refractivity contribution in [3.8, 4) is 5.75 Å². The topological polar surface area (TPSA) is 101 Å². The van der Waals surface area contributed by atoms with Gasteiger partial charge in [0.25, 0.3) is 5.91 Å². The molecule has 0 spiro atoms. The minimum absolute atomic E-state index is 0.0835. The fourth-order valence-corrected chi connectivity index (χ4v) is 4.73. The molecule has 0 aliphatic heterocycles. The second-order valence-electron chi connectivity index (χ2n) is 7.81. The van der Waals surface area contributed by atoms with E-state index < -0.39 is 22.5 Å². The maximum Gasteiger partial charge on any atom is 0.255 e. The number of sulfonamides is 1. The number of nitrogens with zero attached hydrogens (tertiary/aromatic N) is 2. The Hall–Kier alpha value is -4.21. The number of hydrogen-bond acceptors (Lipinski definition) is 6. The van der Waals surface area contributed by atoms with E-state index in [0.29, 0.717) is 23.7 Å². The summed E-state index contributed by atoms with van der Waals surface area (Å²) in [5.74, 6) is 0.486. The number of nitrogens with one attached hydrogen (secondary N) is 1. The lowest BCUT2D eigenvalue weighted by Crippen LogP contribution is -2.38. The van der Waals surface area contributed by atoms with E-state index in [4.69, 9.17) is 9.15 Å². The third-order valence-corrected chi connectivity index (χ3v) is 6.93. The highest BCUT2D eigenvalue weighted by Gasteiger charge is 2.27. The van der Waals surface area contributed by atoms with Gasteiger partial charge in [0.1, 0.15) is 18.1 Å². The predicted molar refractivity (Wildman–Crippen MR) is 136 cm³/mol. The van der Waals surface area contributed by atoms with E-state index in [2.05, 4.69) is 10.5 Å². The monoisotopic (exact) mass is 503 g/mol. The molecular weight excluding hydrogens is 478 g/mol. The zero-order chi connectivity index (χ0) is 25.2. The van der Waals surface area contributed by atoms with Crippen molar-refractivity contribution in [2.24, 2.45) is 5.10 Å².